The average Bonchev–Trinajstić information content (AvgIpc) is 3.04. The average molecular weight is 597 g/mol. The number of halogens is 1. The summed E-state index contributed by atoms with van der Waals surface area (Å²) >= 11 is 6.38. The number of fused-ring (bicyclic) bond motifs is 5. The topological polar surface area (TPSA) is 95.9 Å². The van der Waals surface area contributed by atoms with Gasteiger partial charge in [-0.3, -0.25) is 4.79 Å². The van der Waals surface area contributed by atoms with Crippen molar-refractivity contribution in [2.24, 2.45) is 17.8 Å². The van der Waals surface area contributed by atoms with Crippen molar-refractivity contribution in [1.82, 2.24) is 4.72 Å². The monoisotopic (exact) mass is 596 g/mol. The SMILES string of the molecule is O=C1NS(=O)(=O)[C@@H]2CC[C@H]2C/C=C/[C@H](O)[C@@H]2CC[C@H]2CN2C[C@@]3(CCCc4cc(Cl)ccc43)COc3ccc1cc32. The van der Waals surface area contributed by atoms with E-state index in [1.165, 1.54) is 11.1 Å². The Labute approximate surface area is 247 Å². The van der Waals surface area contributed by atoms with Gasteiger partial charge in [0.2, 0.25) is 10.0 Å². The molecule has 1 spiro atoms. The third-order valence-electron chi connectivity index (χ3n) is 10.4. The molecule has 2 saturated carbocycles. The number of ether oxygens (including phenoxy) is 1. The van der Waals surface area contributed by atoms with Crippen LogP contribution in [0.1, 0.15) is 66.4 Å². The summed E-state index contributed by atoms with van der Waals surface area (Å²) in [4.78, 5) is 15.7. The van der Waals surface area contributed by atoms with Crippen LogP contribution < -0.4 is 14.4 Å². The molecule has 7 nitrogen and oxygen atoms in total. The van der Waals surface area contributed by atoms with Crippen molar-refractivity contribution in [3.8, 4) is 5.75 Å². The van der Waals surface area contributed by atoms with E-state index in [0.717, 1.165) is 55.8 Å². The molecule has 41 heavy (non-hydrogen) atoms. The highest BCUT2D eigenvalue weighted by atomic mass is 35.5. The highest BCUT2D eigenvalue weighted by Gasteiger charge is 2.45. The number of sulfonamides is 1. The number of aryl methyl sites for hydroxylation is 1. The van der Waals surface area contributed by atoms with Crippen LogP contribution in [-0.4, -0.2) is 50.5 Å². The van der Waals surface area contributed by atoms with E-state index in [1.54, 1.807) is 18.2 Å². The molecule has 1 amide bonds. The molecule has 2 fully saturated rings. The van der Waals surface area contributed by atoms with Crippen molar-refractivity contribution < 1.29 is 23.1 Å². The Morgan fingerprint density at radius 1 is 1.07 bits per heavy atom. The van der Waals surface area contributed by atoms with Gasteiger partial charge < -0.3 is 14.7 Å². The molecular weight excluding hydrogens is 560 g/mol. The first kappa shape index (κ1) is 27.3. The second kappa shape index (κ2) is 10.3. The minimum atomic E-state index is -3.82. The second-order valence-corrected chi connectivity index (χ2v) is 15.1. The summed E-state index contributed by atoms with van der Waals surface area (Å²) in [6.45, 7) is 1.94. The van der Waals surface area contributed by atoms with E-state index in [9.17, 15) is 18.3 Å². The lowest BCUT2D eigenvalue weighted by Crippen LogP contribution is -2.49. The number of carbonyl (C=O) groups is 1. The van der Waals surface area contributed by atoms with E-state index in [-0.39, 0.29) is 17.3 Å². The van der Waals surface area contributed by atoms with Crippen LogP contribution in [0.2, 0.25) is 5.02 Å². The number of nitrogens with one attached hydrogen (secondary N) is 1. The fourth-order valence-corrected chi connectivity index (χ4v) is 9.75. The Kier molecular flexibility index (Phi) is 6.87. The van der Waals surface area contributed by atoms with Gasteiger partial charge in [0, 0.05) is 29.1 Å². The summed E-state index contributed by atoms with van der Waals surface area (Å²) in [6.07, 6.45) is 10.2. The zero-order chi connectivity index (χ0) is 28.4. The Balaban J connectivity index is 1.29. The molecule has 0 saturated heterocycles. The van der Waals surface area contributed by atoms with Crippen molar-refractivity contribution in [2.45, 2.75) is 68.1 Å². The maximum atomic E-state index is 13.3. The Morgan fingerprint density at radius 3 is 2.71 bits per heavy atom. The van der Waals surface area contributed by atoms with Crippen molar-refractivity contribution in [3.05, 3.63) is 70.3 Å². The molecule has 7 rings (SSSR count). The van der Waals surface area contributed by atoms with Gasteiger partial charge in [0.1, 0.15) is 5.75 Å². The third kappa shape index (κ3) is 4.86. The summed E-state index contributed by atoms with van der Waals surface area (Å²) < 4.78 is 35.2. The third-order valence-corrected chi connectivity index (χ3v) is 12.5. The van der Waals surface area contributed by atoms with E-state index in [4.69, 9.17) is 16.3 Å². The fourth-order valence-electron chi connectivity index (χ4n) is 7.83. The first-order valence-electron chi connectivity index (χ1n) is 14.9. The fraction of sp³-hybridized carbons (Fsp3) is 0.531. The van der Waals surface area contributed by atoms with Crippen LogP contribution in [0.25, 0.3) is 0 Å². The van der Waals surface area contributed by atoms with Gasteiger partial charge in [0.05, 0.1) is 23.6 Å². The molecular formula is C32H37ClN2O5S. The molecule has 2 bridgehead atoms. The van der Waals surface area contributed by atoms with Gasteiger partial charge in [-0.05, 0) is 111 Å². The largest absolute Gasteiger partial charge is 0.490 e. The predicted molar refractivity (Wildman–Crippen MR) is 159 cm³/mol. The van der Waals surface area contributed by atoms with Crippen LogP contribution in [0.3, 0.4) is 0 Å². The maximum absolute atomic E-state index is 13.3. The highest BCUT2D eigenvalue weighted by Crippen LogP contribution is 2.47. The number of hydrogen-bond acceptors (Lipinski definition) is 6. The smallest absolute Gasteiger partial charge is 0.264 e. The van der Waals surface area contributed by atoms with Crippen molar-refractivity contribution >= 4 is 33.2 Å². The van der Waals surface area contributed by atoms with Gasteiger partial charge in [-0.2, -0.15) is 0 Å². The molecule has 2 aliphatic heterocycles. The number of aliphatic hydroxyl groups is 1. The Hall–Kier alpha value is -2.55. The molecule has 2 heterocycles. The van der Waals surface area contributed by atoms with Gasteiger partial charge >= 0.3 is 0 Å². The number of rotatable bonds is 0. The lowest BCUT2D eigenvalue weighted by Gasteiger charge is -2.45. The second-order valence-electron chi connectivity index (χ2n) is 12.8. The minimum Gasteiger partial charge on any atom is -0.490 e. The predicted octanol–water partition coefficient (Wildman–Crippen LogP) is 5.00. The highest BCUT2D eigenvalue weighted by molar-refractivity contribution is 7.90. The Bertz CT molecular complexity index is 1510. The van der Waals surface area contributed by atoms with Crippen LogP contribution in [-0.2, 0) is 21.9 Å². The molecule has 5 aliphatic rings. The molecule has 3 aliphatic carbocycles. The van der Waals surface area contributed by atoms with Crippen molar-refractivity contribution in [3.63, 3.8) is 0 Å². The molecule has 2 aromatic carbocycles. The molecule has 2 aromatic rings. The van der Waals surface area contributed by atoms with Gasteiger partial charge in [0.15, 0.2) is 0 Å². The lowest BCUT2D eigenvalue weighted by molar-refractivity contribution is 0.0455. The number of nitrogens with zero attached hydrogens (tertiary/aromatic N) is 1. The molecule has 9 heteroatoms. The number of anilines is 1. The van der Waals surface area contributed by atoms with E-state index in [2.05, 4.69) is 21.8 Å². The molecule has 6 atom stereocenters. The van der Waals surface area contributed by atoms with Gasteiger partial charge in [-0.1, -0.05) is 29.8 Å². The van der Waals surface area contributed by atoms with E-state index < -0.39 is 27.3 Å². The number of aliphatic hydroxyl groups excluding tert-OH is 1. The summed E-state index contributed by atoms with van der Waals surface area (Å²) in [7, 11) is -3.82. The normalized spacial score (nSPS) is 34.8. The van der Waals surface area contributed by atoms with Crippen molar-refractivity contribution in [2.75, 3.05) is 24.6 Å². The summed E-state index contributed by atoms with van der Waals surface area (Å²) in [5.74, 6) is 0.489. The van der Waals surface area contributed by atoms with E-state index >= 15 is 0 Å². The van der Waals surface area contributed by atoms with Gasteiger partial charge in [0.25, 0.3) is 5.91 Å². The first-order chi connectivity index (χ1) is 19.7. The number of carbonyl (C=O) groups excluding carboxylic acids is 1. The maximum Gasteiger partial charge on any atom is 0.264 e. The summed E-state index contributed by atoms with van der Waals surface area (Å²) in [5, 5.41) is 11.3. The van der Waals surface area contributed by atoms with Crippen molar-refractivity contribution in [1.29, 1.82) is 0 Å². The molecule has 2 N–H and O–H groups in total. The zero-order valence-electron chi connectivity index (χ0n) is 23.1. The molecule has 0 unspecified atom stereocenters. The number of hydrogen-bond donors (Lipinski definition) is 2. The van der Waals surface area contributed by atoms with Crippen LogP contribution in [0.4, 0.5) is 5.69 Å². The molecule has 0 radical (unpaired) electrons. The molecule has 0 aromatic heterocycles. The number of amides is 1. The van der Waals surface area contributed by atoms with Crippen LogP contribution in [0, 0.1) is 17.8 Å². The van der Waals surface area contributed by atoms with Crippen LogP contribution in [0.5, 0.6) is 5.75 Å². The minimum absolute atomic E-state index is 0.0470. The molecule has 218 valence electrons. The Morgan fingerprint density at radius 2 is 1.93 bits per heavy atom. The van der Waals surface area contributed by atoms with Crippen LogP contribution >= 0.6 is 11.6 Å². The number of allylic oxidation sites excluding steroid dienone is 1. The lowest BCUT2D eigenvalue weighted by atomic mass is 9.68. The standard InChI is InChI=1S/C32H37ClN2O5S/c33-24-9-11-26-21(15-24)4-2-14-32(26)18-35-17-23-6-10-25(23)28(36)5-1-3-20-8-13-30(20)41(38,39)34-31(37)22-7-12-29(40-19-32)27(35)16-22/h1,5,7,9,11-12,15-16,20,23,25,28,30,36H,2-4,6,8,10,13-14,17-19H2,(H,34,37)/b5-1+/t20-,23+,25-,28+,30-,32+/m1/s1. The number of benzene rings is 2. The summed E-state index contributed by atoms with van der Waals surface area (Å²) in [6, 6.07) is 11.4. The zero-order valence-corrected chi connectivity index (χ0v) is 24.7. The van der Waals surface area contributed by atoms with E-state index in [0.29, 0.717) is 43.2 Å². The quantitative estimate of drug-likeness (QED) is 0.416. The summed E-state index contributed by atoms with van der Waals surface area (Å²) in [5.41, 5.74) is 3.38. The van der Waals surface area contributed by atoms with Gasteiger partial charge in [-0.15, -0.1) is 0 Å². The van der Waals surface area contributed by atoms with E-state index in [1.807, 2.05) is 18.2 Å². The van der Waals surface area contributed by atoms with Crippen LogP contribution in [0.15, 0.2) is 48.6 Å². The first-order valence-corrected chi connectivity index (χ1v) is 16.9. The van der Waals surface area contributed by atoms with Gasteiger partial charge in [-0.25, -0.2) is 13.1 Å².